The Morgan fingerprint density at radius 1 is 1.41 bits per heavy atom. The van der Waals surface area contributed by atoms with Crippen LogP contribution in [-0.4, -0.2) is 17.2 Å². The molecule has 0 aliphatic heterocycles. The molecule has 0 aromatic heterocycles. The Morgan fingerprint density at radius 2 is 2.12 bits per heavy atom. The lowest BCUT2D eigenvalue weighted by molar-refractivity contribution is 1.10. The minimum atomic E-state index is 0.612. The lowest BCUT2D eigenvalue weighted by Gasteiger charge is -2.02. The molecule has 90 valence electrons. The van der Waals surface area contributed by atoms with Crippen LogP contribution in [0.1, 0.15) is 13.3 Å². The number of rotatable bonds is 4. The average Bonchev–Trinajstić information content (AvgIpc) is 2.37. The Kier molecular flexibility index (Phi) is 6.60. The molecule has 0 heterocycles. The van der Waals surface area contributed by atoms with Crippen molar-refractivity contribution in [3.05, 3.63) is 24.3 Å². The maximum absolute atomic E-state index is 8.53. The summed E-state index contributed by atoms with van der Waals surface area (Å²) < 4.78 is 0. The van der Waals surface area contributed by atoms with Crippen molar-refractivity contribution in [2.75, 3.05) is 12.0 Å². The van der Waals surface area contributed by atoms with Gasteiger partial charge in [0.1, 0.15) is 0 Å². The molecule has 0 saturated heterocycles. The van der Waals surface area contributed by atoms with Crippen LogP contribution in [0.15, 0.2) is 34.2 Å². The summed E-state index contributed by atoms with van der Waals surface area (Å²) in [6, 6.07) is 8.05. The van der Waals surface area contributed by atoms with Crippen LogP contribution >= 0.6 is 23.5 Å². The van der Waals surface area contributed by atoms with E-state index in [2.05, 4.69) is 29.4 Å². The quantitative estimate of drug-likeness (QED) is 0.297. The molecule has 1 N–H and O–H groups in total. The Bertz CT molecular complexity index is 407. The zero-order chi connectivity index (χ0) is 12.5. The van der Waals surface area contributed by atoms with Gasteiger partial charge >= 0.3 is 0 Å². The summed E-state index contributed by atoms with van der Waals surface area (Å²) in [5, 5.41) is 11.7. The summed E-state index contributed by atoms with van der Waals surface area (Å²) in [7, 11) is 0. The third-order valence-corrected chi connectivity index (χ3v) is 3.69. The lowest BCUT2D eigenvalue weighted by Crippen LogP contribution is -2.12. The number of nitrogens with one attached hydrogen (secondary N) is 1. The third-order valence-electron chi connectivity index (χ3n) is 1.90. The van der Waals surface area contributed by atoms with Crippen LogP contribution < -0.4 is 5.32 Å². The first-order valence-corrected chi connectivity index (χ1v) is 7.51. The minimum absolute atomic E-state index is 0.612. The molecule has 0 amide bonds. The number of hydrogen-bond acceptors (Lipinski definition) is 4. The first-order chi connectivity index (χ1) is 8.30. The van der Waals surface area contributed by atoms with E-state index < -0.39 is 0 Å². The van der Waals surface area contributed by atoms with Crippen LogP contribution in [0.3, 0.4) is 0 Å². The standard InChI is InChI=1S/C12H15N3S2/c1-3-8-17-11-6-4-10(5-7-11)15-12(16-2)14-9-13/h4-7H,3,8H2,1-2H3,(H,14,15). The Hall–Kier alpha value is -1.12. The molecule has 5 heteroatoms. The van der Waals surface area contributed by atoms with E-state index in [-0.39, 0.29) is 0 Å². The van der Waals surface area contributed by atoms with E-state index in [1.165, 1.54) is 23.1 Å². The van der Waals surface area contributed by atoms with Crippen LogP contribution in [0.2, 0.25) is 0 Å². The summed E-state index contributed by atoms with van der Waals surface area (Å²) in [4.78, 5) is 5.58. The molecule has 1 aromatic rings. The molecule has 0 unspecified atom stereocenters. The van der Waals surface area contributed by atoms with E-state index in [0.717, 1.165) is 11.4 Å². The van der Waals surface area contributed by atoms with Crippen molar-refractivity contribution in [1.82, 2.24) is 5.32 Å². The lowest BCUT2D eigenvalue weighted by atomic mass is 10.3. The summed E-state index contributed by atoms with van der Waals surface area (Å²) in [5.41, 5.74) is 0.859. The first-order valence-electron chi connectivity index (χ1n) is 5.30. The average molecular weight is 265 g/mol. The van der Waals surface area contributed by atoms with E-state index in [4.69, 9.17) is 5.26 Å². The first kappa shape index (κ1) is 13.9. The van der Waals surface area contributed by atoms with Crippen LogP contribution in [0.4, 0.5) is 5.69 Å². The Morgan fingerprint density at radius 3 is 2.65 bits per heavy atom. The number of aliphatic imine (C=N–C) groups is 1. The maximum atomic E-state index is 8.53. The molecule has 0 fully saturated rings. The second kappa shape index (κ2) is 8.04. The van der Waals surface area contributed by atoms with Crippen molar-refractivity contribution in [2.45, 2.75) is 18.2 Å². The van der Waals surface area contributed by atoms with Gasteiger partial charge in [-0.1, -0.05) is 18.7 Å². The zero-order valence-electron chi connectivity index (χ0n) is 9.93. The third kappa shape index (κ3) is 5.16. The van der Waals surface area contributed by atoms with Gasteiger partial charge in [-0.05, 0) is 42.7 Å². The van der Waals surface area contributed by atoms with Crippen molar-refractivity contribution in [3.63, 3.8) is 0 Å². The van der Waals surface area contributed by atoms with Crippen molar-refractivity contribution < 1.29 is 0 Å². The van der Waals surface area contributed by atoms with Gasteiger partial charge in [-0.15, -0.1) is 11.8 Å². The monoisotopic (exact) mass is 265 g/mol. The SMILES string of the molecule is CCCSc1ccc(N=C(NC#N)SC)cc1. The summed E-state index contributed by atoms with van der Waals surface area (Å²) in [5.74, 6) is 1.13. The van der Waals surface area contributed by atoms with Crippen molar-refractivity contribution in [2.24, 2.45) is 4.99 Å². The number of nitrogens with zero attached hydrogens (tertiary/aromatic N) is 2. The highest BCUT2D eigenvalue weighted by atomic mass is 32.2. The molecule has 17 heavy (non-hydrogen) atoms. The van der Waals surface area contributed by atoms with Gasteiger partial charge in [0.05, 0.1) is 5.69 Å². The molecular formula is C12H15N3S2. The minimum Gasteiger partial charge on any atom is -0.271 e. The van der Waals surface area contributed by atoms with Gasteiger partial charge in [-0.25, -0.2) is 4.99 Å². The highest BCUT2D eigenvalue weighted by Gasteiger charge is 1.97. The Balaban J connectivity index is 2.70. The number of thioether (sulfide) groups is 2. The maximum Gasteiger partial charge on any atom is 0.183 e. The van der Waals surface area contributed by atoms with Crippen LogP contribution in [-0.2, 0) is 0 Å². The fraction of sp³-hybridized carbons (Fsp3) is 0.333. The van der Waals surface area contributed by atoms with Crippen LogP contribution in [0, 0.1) is 11.5 Å². The molecule has 1 aromatic carbocycles. The normalized spacial score (nSPS) is 11.0. The van der Waals surface area contributed by atoms with E-state index in [1.54, 1.807) is 0 Å². The second-order valence-electron chi connectivity index (χ2n) is 3.20. The van der Waals surface area contributed by atoms with Crippen molar-refractivity contribution in [1.29, 1.82) is 5.26 Å². The fourth-order valence-electron chi connectivity index (χ4n) is 1.13. The predicted molar refractivity (Wildman–Crippen MR) is 76.8 cm³/mol. The molecule has 0 bridgehead atoms. The molecule has 3 nitrogen and oxygen atoms in total. The molecule has 0 radical (unpaired) electrons. The molecule has 0 saturated carbocycles. The number of nitriles is 1. The highest BCUT2D eigenvalue weighted by molar-refractivity contribution is 8.13. The van der Waals surface area contributed by atoms with Gasteiger partial charge < -0.3 is 0 Å². The van der Waals surface area contributed by atoms with E-state index in [9.17, 15) is 0 Å². The van der Waals surface area contributed by atoms with Gasteiger partial charge in [0, 0.05) is 4.90 Å². The number of benzene rings is 1. The van der Waals surface area contributed by atoms with Crippen molar-refractivity contribution >= 4 is 34.4 Å². The molecule has 0 aliphatic rings. The number of amidine groups is 1. The topological polar surface area (TPSA) is 48.2 Å². The zero-order valence-corrected chi connectivity index (χ0v) is 11.6. The van der Waals surface area contributed by atoms with Gasteiger partial charge in [-0.3, -0.25) is 5.32 Å². The van der Waals surface area contributed by atoms with Crippen LogP contribution in [0.5, 0.6) is 0 Å². The molecule has 0 aliphatic carbocycles. The fourth-order valence-corrected chi connectivity index (χ4v) is 2.24. The van der Waals surface area contributed by atoms with E-state index in [1.807, 2.05) is 36.3 Å². The second-order valence-corrected chi connectivity index (χ2v) is 5.16. The van der Waals surface area contributed by atoms with Gasteiger partial charge in [0.15, 0.2) is 11.4 Å². The van der Waals surface area contributed by atoms with Gasteiger partial charge in [0.25, 0.3) is 0 Å². The smallest absolute Gasteiger partial charge is 0.183 e. The largest absolute Gasteiger partial charge is 0.271 e. The molecule has 0 spiro atoms. The molecule has 0 atom stereocenters. The van der Waals surface area contributed by atoms with E-state index in [0.29, 0.717) is 5.17 Å². The van der Waals surface area contributed by atoms with E-state index >= 15 is 0 Å². The number of hydrogen-bond donors (Lipinski definition) is 1. The summed E-state index contributed by atoms with van der Waals surface area (Å²) in [6.07, 6.45) is 4.93. The van der Waals surface area contributed by atoms with Gasteiger partial charge in [0.2, 0.25) is 0 Å². The highest BCUT2D eigenvalue weighted by Crippen LogP contribution is 2.22. The Labute approximate surface area is 111 Å². The molecular weight excluding hydrogens is 250 g/mol. The summed E-state index contributed by atoms with van der Waals surface area (Å²) in [6.45, 7) is 2.17. The predicted octanol–water partition coefficient (Wildman–Crippen LogP) is 3.61. The van der Waals surface area contributed by atoms with Crippen LogP contribution in [0.25, 0.3) is 0 Å². The summed E-state index contributed by atoms with van der Waals surface area (Å²) >= 11 is 3.26. The molecule has 1 rings (SSSR count). The van der Waals surface area contributed by atoms with Gasteiger partial charge in [-0.2, -0.15) is 5.26 Å². The van der Waals surface area contributed by atoms with Crippen molar-refractivity contribution in [3.8, 4) is 6.19 Å².